The lowest BCUT2D eigenvalue weighted by Gasteiger charge is -2.28. The number of nitrogens with zero attached hydrogens (tertiary/aromatic N) is 2. The summed E-state index contributed by atoms with van der Waals surface area (Å²) in [5.41, 5.74) is 5.54. The minimum Gasteiger partial charge on any atom is -0.338 e. The maximum atomic E-state index is 12.6. The van der Waals surface area contributed by atoms with Crippen molar-refractivity contribution in [2.24, 2.45) is 0 Å². The Labute approximate surface area is 173 Å². The zero-order valence-electron chi connectivity index (χ0n) is 17.4. The third-order valence-electron chi connectivity index (χ3n) is 5.40. The zero-order chi connectivity index (χ0) is 20.8. The lowest BCUT2D eigenvalue weighted by Crippen LogP contribution is -2.43. The first-order valence-electron chi connectivity index (χ1n) is 10.0. The van der Waals surface area contributed by atoms with E-state index in [0.29, 0.717) is 13.1 Å². The molecule has 0 radical (unpaired) electrons. The van der Waals surface area contributed by atoms with E-state index in [1.54, 1.807) is 11.9 Å². The molecular weight excluding hydrogens is 362 g/mol. The quantitative estimate of drug-likeness (QED) is 0.820. The standard InChI is InChI=1S/C24H29N3O2/c1-18-8-7-11-22(19(18)2)25-23(28)16-26(3)17-24(29)27-14-12-21(13-15-27)20-9-5-4-6-10-20/h4-12H,13-17H2,1-3H3,(H,25,28). The number of amides is 2. The van der Waals surface area contributed by atoms with Crippen molar-refractivity contribution in [1.82, 2.24) is 9.80 Å². The molecule has 0 aromatic heterocycles. The first-order chi connectivity index (χ1) is 13.9. The number of hydrogen-bond acceptors (Lipinski definition) is 3. The van der Waals surface area contributed by atoms with Gasteiger partial charge in [-0.25, -0.2) is 0 Å². The van der Waals surface area contributed by atoms with E-state index in [4.69, 9.17) is 0 Å². The monoisotopic (exact) mass is 391 g/mol. The fraction of sp³-hybridized carbons (Fsp3) is 0.333. The van der Waals surface area contributed by atoms with Crippen LogP contribution in [0.3, 0.4) is 0 Å². The number of anilines is 1. The third kappa shape index (κ3) is 5.55. The Kier molecular flexibility index (Phi) is 6.83. The second-order valence-electron chi connectivity index (χ2n) is 7.65. The average molecular weight is 392 g/mol. The highest BCUT2D eigenvalue weighted by Crippen LogP contribution is 2.22. The van der Waals surface area contributed by atoms with Gasteiger partial charge >= 0.3 is 0 Å². The van der Waals surface area contributed by atoms with Crippen LogP contribution < -0.4 is 5.32 Å². The number of carbonyl (C=O) groups excluding carboxylic acids is 2. The maximum Gasteiger partial charge on any atom is 0.238 e. The molecule has 0 spiro atoms. The molecule has 5 nitrogen and oxygen atoms in total. The molecule has 0 bridgehead atoms. The summed E-state index contributed by atoms with van der Waals surface area (Å²) in [7, 11) is 1.80. The van der Waals surface area contributed by atoms with Crippen LogP contribution in [-0.2, 0) is 9.59 Å². The van der Waals surface area contributed by atoms with Crippen LogP contribution >= 0.6 is 0 Å². The molecule has 0 atom stereocenters. The summed E-state index contributed by atoms with van der Waals surface area (Å²) in [6, 6.07) is 16.1. The summed E-state index contributed by atoms with van der Waals surface area (Å²) in [5.74, 6) is -0.0608. The highest BCUT2D eigenvalue weighted by atomic mass is 16.2. The fourth-order valence-electron chi connectivity index (χ4n) is 3.52. The molecule has 0 saturated heterocycles. The molecule has 1 aliphatic heterocycles. The summed E-state index contributed by atoms with van der Waals surface area (Å²) in [4.78, 5) is 28.6. The third-order valence-corrected chi connectivity index (χ3v) is 5.40. The van der Waals surface area contributed by atoms with E-state index in [-0.39, 0.29) is 24.9 Å². The average Bonchev–Trinajstić information content (AvgIpc) is 2.72. The fourth-order valence-corrected chi connectivity index (χ4v) is 3.52. The number of aryl methyl sites for hydroxylation is 1. The predicted octanol–water partition coefficient (Wildman–Crippen LogP) is 3.49. The van der Waals surface area contributed by atoms with E-state index < -0.39 is 0 Å². The van der Waals surface area contributed by atoms with E-state index in [1.165, 1.54) is 11.1 Å². The van der Waals surface area contributed by atoms with E-state index >= 15 is 0 Å². The van der Waals surface area contributed by atoms with Gasteiger partial charge in [-0.3, -0.25) is 14.5 Å². The van der Waals surface area contributed by atoms with Gasteiger partial charge in [0, 0.05) is 18.8 Å². The largest absolute Gasteiger partial charge is 0.338 e. The molecular formula is C24H29N3O2. The molecule has 3 rings (SSSR count). The van der Waals surface area contributed by atoms with Gasteiger partial charge in [0.1, 0.15) is 0 Å². The van der Waals surface area contributed by atoms with Crippen molar-refractivity contribution in [2.75, 3.05) is 38.5 Å². The second kappa shape index (κ2) is 9.52. The van der Waals surface area contributed by atoms with Crippen molar-refractivity contribution in [3.05, 3.63) is 71.3 Å². The van der Waals surface area contributed by atoms with Crippen LogP contribution in [0.5, 0.6) is 0 Å². The Morgan fingerprint density at radius 1 is 1.03 bits per heavy atom. The van der Waals surface area contributed by atoms with Crippen molar-refractivity contribution in [2.45, 2.75) is 20.3 Å². The lowest BCUT2D eigenvalue weighted by molar-refractivity contribution is -0.132. The normalized spacial score (nSPS) is 13.9. The minimum atomic E-state index is -0.112. The SMILES string of the molecule is Cc1cccc(NC(=O)CN(C)CC(=O)N2CC=C(c3ccccc3)CC2)c1C. The molecule has 152 valence electrons. The minimum absolute atomic E-state index is 0.0513. The van der Waals surface area contributed by atoms with E-state index in [2.05, 4.69) is 23.5 Å². The smallest absolute Gasteiger partial charge is 0.238 e. The van der Waals surface area contributed by atoms with Crippen LogP contribution in [0, 0.1) is 13.8 Å². The van der Waals surface area contributed by atoms with Crippen LogP contribution in [0.25, 0.3) is 5.57 Å². The number of carbonyl (C=O) groups is 2. The van der Waals surface area contributed by atoms with Crippen LogP contribution in [0.15, 0.2) is 54.6 Å². The van der Waals surface area contributed by atoms with Crippen molar-refractivity contribution in [1.29, 1.82) is 0 Å². The molecule has 0 saturated carbocycles. The number of likely N-dealkylation sites (N-methyl/N-ethyl adjacent to an activating group) is 1. The molecule has 1 N–H and O–H groups in total. The first kappa shape index (κ1) is 20.8. The van der Waals surface area contributed by atoms with E-state index in [9.17, 15) is 9.59 Å². The summed E-state index contributed by atoms with van der Waals surface area (Å²) in [6.07, 6.45) is 2.98. The predicted molar refractivity (Wildman–Crippen MR) is 118 cm³/mol. The van der Waals surface area contributed by atoms with Crippen molar-refractivity contribution >= 4 is 23.1 Å². The van der Waals surface area contributed by atoms with Gasteiger partial charge in [-0.05, 0) is 55.6 Å². The topological polar surface area (TPSA) is 52.7 Å². The van der Waals surface area contributed by atoms with Gasteiger partial charge in [0.2, 0.25) is 11.8 Å². The van der Waals surface area contributed by atoms with Crippen LogP contribution in [0.2, 0.25) is 0 Å². The Morgan fingerprint density at radius 3 is 2.48 bits per heavy atom. The Bertz CT molecular complexity index is 906. The number of nitrogens with one attached hydrogen (secondary N) is 1. The Morgan fingerprint density at radius 2 is 1.79 bits per heavy atom. The summed E-state index contributed by atoms with van der Waals surface area (Å²) in [6.45, 7) is 5.75. The molecule has 0 unspecified atom stereocenters. The van der Waals surface area contributed by atoms with Gasteiger partial charge in [0.25, 0.3) is 0 Å². The second-order valence-corrected chi connectivity index (χ2v) is 7.65. The summed E-state index contributed by atoms with van der Waals surface area (Å²) >= 11 is 0. The van der Waals surface area contributed by atoms with Gasteiger partial charge in [-0.1, -0.05) is 48.5 Å². The summed E-state index contributed by atoms with van der Waals surface area (Å²) in [5, 5.41) is 2.94. The summed E-state index contributed by atoms with van der Waals surface area (Å²) < 4.78 is 0. The molecule has 1 aliphatic rings. The molecule has 0 aliphatic carbocycles. The van der Waals surface area contributed by atoms with Gasteiger partial charge in [-0.2, -0.15) is 0 Å². The van der Waals surface area contributed by atoms with Gasteiger partial charge in [-0.15, -0.1) is 0 Å². The molecule has 2 aromatic carbocycles. The molecule has 2 amide bonds. The Balaban J connectivity index is 1.49. The number of benzene rings is 2. The van der Waals surface area contributed by atoms with Gasteiger partial charge in [0.15, 0.2) is 0 Å². The highest BCUT2D eigenvalue weighted by Gasteiger charge is 2.20. The molecule has 5 heteroatoms. The molecule has 29 heavy (non-hydrogen) atoms. The highest BCUT2D eigenvalue weighted by molar-refractivity contribution is 5.93. The van der Waals surface area contributed by atoms with Gasteiger partial charge in [0.05, 0.1) is 13.1 Å². The lowest BCUT2D eigenvalue weighted by atomic mass is 9.99. The van der Waals surface area contributed by atoms with Crippen LogP contribution in [0.1, 0.15) is 23.1 Å². The van der Waals surface area contributed by atoms with Crippen LogP contribution in [-0.4, -0.2) is 54.8 Å². The molecule has 2 aromatic rings. The number of rotatable bonds is 6. The van der Waals surface area contributed by atoms with Gasteiger partial charge < -0.3 is 10.2 Å². The Hall–Kier alpha value is -2.92. The first-order valence-corrected chi connectivity index (χ1v) is 10.0. The van der Waals surface area contributed by atoms with Crippen molar-refractivity contribution < 1.29 is 9.59 Å². The van der Waals surface area contributed by atoms with E-state index in [0.717, 1.165) is 23.2 Å². The van der Waals surface area contributed by atoms with E-state index in [1.807, 2.05) is 55.1 Å². The van der Waals surface area contributed by atoms with Crippen molar-refractivity contribution in [3.63, 3.8) is 0 Å². The number of hydrogen-bond donors (Lipinski definition) is 1. The zero-order valence-corrected chi connectivity index (χ0v) is 17.4. The molecule has 1 heterocycles. The maximum absolute atomic E-state index is 12.6. The van der Waals surface area contributed by atoms with Crippen molar-refractivity contribution in [3.8, 4) is 0 Å². The molecule has 0 fully saturated rings. The van der Waals surface area contributed by atoms with Crippen LogP contribution in [0.4, 0.5) is 5.69 Å².